The molecule has 10 heteroatoms. The van der Waals surface area contributed by atoms with Crippen LogP contribution in [0.25, 0.3) is 5.65 Å². The maximum Gasteiger partial charge on any atom is 0.175 e. The maximum absolute atomic E-state index is 11.7. The molecular formula is C20H24BrN5O3S. The Morgan fingerprint density at radius 2 is 1.93 bits per heavy atom. The van der Waals surface area contributed by atoms with Crippen molar-refractivity contribution in [2.75, 3.05) is 30.6 Å². The predicted molar refractivity (Wildman–Crippen MR) is 120 cm³/mol. The first-order chi connectivity index (χ1) is 14.3. The summed E-state index contributed by atoms with van der Waals surface area (Å²) in [5.74, 6) is 1.45. The highest BCUT2D eigenvalue weighted by Crippen LogP contribution is 2.34. The van der Waals surface area contributed by atoms with Crippen molar-refractivity contribution >= 4 is 48.7 Å². The van der Waals surface area contributed by atoms with Gasteiger partial charge in [-0.1, -0.05) is 12.8 Å². The van der Waals surface area contributed by atoms with Crippen LogP contribution in [-0.2, 0) is 14.6 Å². The largest absolute Gasteiger partial charge is 0.382 e. The molecule has 8 nitrogen and oxygen atoms in total. The molecule has 0 spiro atoms. The maximum atomic E-state index is 11.7. The van der Waals surface area contributed by atoms with Gasteiger partial charge in [0.15, 0.2) is 15.5 Å². The third-order valence-electron chi connectivity index (χ3n) is 5.36. The molecule has 160 valence electrons. The number of halogens is 1. The van der Waals surface area contributed by atoms with Crippen LogP contribution >= 0.6 is 15.9 Å². The van der Waals surface area contributed by atoms with Crippen LogP contribution < -0.4 is 10.6 Å². The summed E-state index contributed by atoms with van der Waals surface area (Å²) in [6.07, 6.45) is 7.28. The highest BCUT2D eigenvalue weighted by molar-refractivity contribution is 9.10. The molecule has 0 unspecified atom stereocenters. The third kappa shape index (κ3) is 4.30. The Morgan fingerprint density at radius 1 is 1.23 bits per heavy atom. The van der Waals surface area contributed by atoms with Gasteiger partial charge in [0.1, 0.15) is 11.6 Å². The van der Waals surface area contributed by atoms with Crippen molar-refractivity contribution in [2.24, 2.45) is 0 Å². The molecule has 1 aliphatic rings. The number of sulfone groups is 1. The van der Waals surface area contributed by atoms with Gasteiger partial charge in [0.2, 0.25) is 0 Å². The summed E-state index contributed by atoms with van der Waals surface area (Å²) in [6, 6.07) is 8.54. The van der Waals surface area contributed by atoms with Gasteiger partial charge in [-0.3, -0.25) is 0 Å². The molecule has 0 radical (unpaired) electrons. The molecule has 30 heavy (non-hydrogen) atoms. The molecule has 0 aliphatic heterocycles. The molecule has 0 bridgehead atoms. The van der Waals surface area contributed by atoms with Gasteiger partial charge in [-0.2, -0.15) is 9.61 Å². The van der Waals surface area contributed by atoms with Gasteiger partial charge in [0, 0.05) is 25.1 Å². The Balaban J connectivity index is 1.69. The lowest BCUT2D eigenvalue weighted by Crippen LogP contribution is -2.40. The summed E-state index contributed by atoms with van der Waals surface area (Å²) in [5.41, 5.74) is 1.31. The normalized spacial score (nSPS) is 16.1. The number of ether oxygens (including phenoxy) is 1. The van der Waals surface area contributed by atoms with Gasteiger partial charge in [-0.25, -0.2) is 13.4 Å². The van der Waals surface area contributed by atoms with Crippen molar-refractivity contribution < 1.29 is 13.2 Å². The average Bonchev–Trinajstić information content (AvgIpc) is 3.29. The van der Waals surface area contributed by atoms with Crippen LogP contribution in [0.1, 0.15) is 25.7 Å². The van der Waals surface area contributed by atoms with E-state index in [2.05, 4.69) is 31.7 Å². The van der Waals surface area contributed by atoms with Crippen LogP contribution in [0.5, 0.6) is 0 Å². The standard InChI is InChI=1S/C20H24BrN5O3S/c1-29-13-20(9-3-4-10-20)25-17-11-18(26-19(24-17)16(21)12-22-26)23-14-5-7-15(8-6-14)30(2,27)28/h5-8,11-12,23H,3-4,9-10,13H2,1-2H3,(H,24,25). The number of nitrogens with zero attached hydrogens (tertiary/aromatic N) is 3. The lowest BCUT2D eigenvalue weighted by Gasteiger charge is -2.30. The van der Waals surface area contributed by atoms with E-state index in [0.717, 1.165) is 41.7 Å². The van der Waals surface area contributed by atoms with Crippen LogP contribution in [0.2, 0.25) is 0 Å². The number of hydrogen-bond donors (Lipinski definition) is 2. The van der Waals surface area contributed by atoms with Gasteiger partial charge in [-0.05, 0) is 53.0 Å². The van der Waals surface area contributed by atoms with Gasteiger partial charge in [-0.15, -0.1) is 0 Å². The SMILES string of the molecule is COCC1(Nc2cc(Nc3ccc(S(C)(=O)=O)cc3)n3ncc(Br)c3n2)CCCC1. The number of nitrogens with one attached hydrogen (secondary N) is 2. The highest BCUT2D eigenvalue weighted by Gasteiger charge is 2.34. The van der Waals surface area contributed by atoms with Gasteiger partial charge >= 0.3 is 0 Å². The zero-order valence-corrected chi connectivity index (χ0v) is 19.3. The number of aromatic nitrogens is 3. The highest BCUT2D eigenvalue weighted by atomic mass is 79.9. The van der Waals surface area contributed by atoms with E-state index < -0.39 is 9.84 Å². The summed E-state index contributed by atoms with van der Waals surface area (Å²) < 4.78 is 31.4. The summed E-state index contributed by atoms with van der Waals surface area (Å²) in [6.45, 7) is 0.621. The van der Waals surface area contributed by atoms with Crippen molar-refractivity contribution in [1.29, 1.82) is 0 Å². The fraction of sp³-hybridized carbons (Fsp3) is 0.400. The monoisotopic (exact) mass is 493 g/mol. The lowest BCUT2D eigenvalue weighted by atomic mass is 9.99. The van der Waals surface area contributed by atoms with Crippen LogP contribution in [0, 0.1) is 0 Å². The number of rotatable bonds is 7. The second kappa shape index (κ2) is 8.16. The topological polar surface area (TPSA) is 97.6 Å². The minimum Gasteiger partial charge on any atom is -0.382 e. The quantitative estimate of drug-likeness (QED) is 0.512. The van der Waals surface area contributed by atoms with Crippen LogP contribution in [0.4, 0.5) is 17.3 Å². The van der Waals surface area contributed by atoms with Crippen LogP contribution in [0.15, 0.2) is 45.9 Å². The minimum atomic E-state index is -3.24. The molecule has 3 aromatic rings. The fourth-order valence-electron chi connectivity index (χ4n) is 3.93. The minimum absolute atomic E-state index is 0.124. The molecule has 1 fully saturated rings. The Morgan fingerprint density at radius 3 is 2.57 bits per heavy atom. The molecule has 1 aliphatic carbocycles. The van der Waals surface area contributed by atoms with Crippen molar-refractivity contribution in [2.45, 2.75) is 36.1 Å². The Bertz CT molecular complexity index is 1160. The van der Waals surface area contributed by atoms with Crippen molar-refractivity contribution in [3.8, 4) is 0 Å². The molecular weight excluding hydrogens is 470 g/mol. The molecule has 4 rings (SSSR count). The van der Waals surface area contributed by atoms with Crippen LogP contribution in [0.3, 0.4) is 0 Å². The first-order valence-electron chi connectivity index (χ1n) is 9.68. The van der Waals surface area contributed by atoms with E-state index in [9.17, 15) is 8.42 Å². The van der Waals surface area contributed by atoms with E-state index in [1.165, 1.54) is 6.26 Å². The van der Waals surface area contributed by atoms with E-state index in [1.807, 2.05) is 6.07 Å². The number of hydrogen-bond acceptors (Lipinski definition) is 7. The summed E-state index contributed by atoms with van der Waals surface area (Å²) in [5, 5.41) is 11.3. The van der Waals surface area contributed by atoms with Crippen LogP contribution in [-0.4, -0.2) is 48.5 Å². The zero-order chi connectivity index (χ0) is 21.4. The third-order valence-corrected chi connectivity index (χ3v) is 7.05. The first kappa shape index (κ1) is 21.1. The molecule has 2 heterocycles. The zero-order valence-electron chi connectivity index (χ0n) is 16.9. The Labute approximate surface area is 184 Å². The Hall–Kier alpha value is -2.17. The Kier molecular flexibility index (Phi) is 5.73. The van der Waals surface area contributed by atoms with E-state index in [1.54, 1.807) is 42.1 Å². The smallest absolute Gasteiger partial charge is 0.175 e. The number of benzene rings is 1. The number of fused-ring (bicyclic) bond motifs is 1. The van der Waals surface area contributed by atoms with E-state index >= 15 is 0 Å². The van der Waals surface area contributed by atoms with Crippen molar-refractivity contribution in [3.63, 3.8) is 0 Å². The van der Waals surface area contributed by atoms with Gasteiger partial charge in [0.05, 0.1) is 27.7 Å². The molecule has 2 N–H and O–H groups in total. The van der Waals surface area contributed by atoms with E-state index in [0.29, 0.717) is 18.1 Å². The lowest BCUT2D eigenvalue weighted by molar-refractivity contribution is 0.145. The average molecular weight is 494 g/mol. The summed E-state index contributed by atoms with van der Waals surface area (Å²) in [7, 11) is -1.52. The molecule has 1 saturated carbocycles. The first-order valence-corrected chi connectivity index (χ1v) is 12.4. The molecule has 1 aromatic carbocycles. The molecule has 0 saturated heterocycles. The predicted octanol–water partition coefficient (Wildman–Crippen LogP) is 4.01. The van der Waals surface area contributed by atoms with Crippen molar-refractivity contribution in [3.05, 3.63) is 41.0 Å². The van der Waals surface area contributed by atoms with E-state index in [-0.39, 0.29) is 10.4 Å². The van der Waals surface area contributed by atoms with Crippen molar-refractivity contribution in [1.82, 2.24) is 14.6 Å². The van der Waals surface area contributed by atoms with Gasteiger partial charge in [0.25, 0.3) is 0 Å². The molecule has 0 amide bonds. The summed E-state index contributed by atoms with van der Waals surface area (Å²) in [4.78, 5) is 5.02. The number of anilines is 3. The van der Waals surface area contributed by atoms with E-state index in [4.69, 9.17) is 9.72 Å². The summed E-state index contributed by atoms with van der Waals surface area (Å²) >= 11 is 3.52. The second-order valence-corrected chi connectivity index (χ2v) is 10.6. The molecule has 2 aromatic heterocycles. The molecule has 0 atom stereocenters. The number of methoxy groups -OCH3 is 1. The fourth-order valence-corrected chi connectivity index (χ4v) is 4.91. The van der Waals surface area contributed by atoms with Gasteiger partial charge < -0.3 is 15.4 Å². The second-order valence-electron chi connectivity index (χ2n) is 7.72.